The predicted molar refractivity (Wildman–Crippen MR) is 82.0 cm³/mol. The van der Waals surface area contributed by atoms with Crippen molar-refractivity contribution in [1.82, 2.24) is 5.32 Å². The van der Waals surface area contributed by atoms with Crippen molar-refractivity contribution in [1.29, 1.82) is 0 Å². The van der Waals surface area contributed by atoms with Gasteiger partial charge in [0.1, 0.15) is 5.75 Å². The largest absolute Gasteiger partial charge is 0.496 e. The van der Waals surface area contributed by atoms with Gasteiger partial charge in [0.05, 0.1) is 7.11 Å². The minimum atomic E-state index is 0.123. The standard InChI is InChI=1S/C15H25NO2S/c1-15(2,7-8-17)11-16-10-12-5-6-14(19-4)13(9-12)18-3/h5-6,9,16-17H,7-8,10-11H2,1-4H3. The molecule has 0 bridgehead atoms. The number of nitrogens with one attached hydrogen (secondary N) is 1. The van der Waals surface area contributed by atoms with Crippen LogP contribution in [0.1, 0.15) is 25.8 Å². The van der Waals surface area contributed by atoms with Crippen molar-refractivity contribution in [2.24, 2.45) is 5.41 Å². The molecule has 0 aliphatic heterocycles. The van der Waals surface area contributed by atoms with E-state index in [2.05, 4.69) is 37.4 Å². The van der Waals surface area contributed by atoms with Crippen molar-refractivity contribution in [3.63, 3.8) is 0 Å². The monoisotopic (exact) mass is 283 g/mol. The number of benzene rings is 1. The Balaban J connectivity index is 2.54. The molecule has 0 spiro atoms. The van der Waals surface area contributed by atoms with Gasteiger partial charge in [-0.1, -0.05) is 19.9 Å². The minimum absolute atomic E-state index is 0.123. The second-order valence-electron chi connectivity index (χ2n) is 5.43. The summed E-state index contributed by atoms with van der Waals surface area (Å²) in [5, 5.41) is 12.4. The molecular formula is C15H25NO2S. The predicted octanol–water partition coefficient (Wildman–Crippen LogP) is 2.92. The molecule has 0 radical (unpaired) electrons. The van der Waals surface area contributed by atoms with E-state index in [9.17, 15) is 0 Å². The molecule has 19 heavy (non-hydrogen) atoms. The molecule has 0 unspecified atom stereocenters. The zero-order chi connectivity index (χ0) is 14.3. The van der Waals surface area contributed by atoms with Gasteiger partial charge in [0, 0.05) is 24.6 Å². The van der Waals surface area contributed by atoms with E-state index >= 15 is 0 Å². The van der Waals surface area contributed by atoms with Crippen LogP contribution in [0.3, 0.4) is 0 Å². The summed E-state index contributed by atoms with van der Waals surface area (Å²) in [5.41, 5.74) is 1.34. The Kier molecular flexibility index (Phi) is 6.69. The van der Waals surface area contributed by atoms with E-state index in [0.29, 0.717) is 0 Å². The van der Waals surface area contributed by atoms with Crippen LogP contribution in [0.2, 0.25) is 0 Å². The van der Waals surface area contributed by atoms with Gasteiger partial charge in [-0.2, -0.15) is 0 Å². The fraction of sp³-hybridized carbons (Fsp3) is 0.600. The lowest BCUT2D eigenvalue weighted by molar-refractivity contribution is 0.207. The maximum Gasteiger partial charge on any atom is 0.132 e. The summed E-state index contributed by atoms with van der Waals surface area (Å²) in [7, 11) is 1.70. The summed E-state index contributed by atoms with van der Waals surface area (Å²) in [6.07, 6.45) is 2.86. The summed E-state index contributed by atoms with van der Waals surface area (Å²) >= 11 is 1.69. The number of methoxy groups -OCH3 is 1. The number of hydrogen-bond donors (Lipinski definition) is 2. The molecule has 0 aliphatic carbocycles. The summed E-state index contributed by atoms with van der Waals surface area (Å²) in [6.45, 7) is 6.27. The Labute approximate surface area is 120 Å². The van der Waals surface area contributed by atoms with Gasteiger partial charge in [-0.05, 0) is 35.8 Å². The van der Waals surface area contributed by atoms with Gasteiger partial charge in [-0.3, -0.25) is 0 Å². The molecule has 3 nitrogen and oxygen atoms in total. The highest BCUT2D eigenvalue weighted by Gasteiger charge is 2.16. The van der Waals surface area contributed by atoms with E-state index in [0.717, 1.165) is 30.2 Å². The number of ether oxygens (including phenoxy) is 1. The molecule has 0 aliphatic rings. The molecule has 108 valence electrons. The van der Waals surface area contributed by atoms with Gasteiger partial charge in [0.2, 0.25) is 0 Å². The Morgan fingerprint density at radius 3 is 2.68 bits per heavy atom. The SMILES string of the molecule is COc1cc(CNCC(C)(C)CCO)ccc1SC. The van der Waals surface area contributed by atoms with Gasteiger partial charge < -0.3 is 15.2 Å². The van der Waals surface area contributed by atoms with Crippen LogP contribution in [0.25, 0.3) is 0 Å². The van der Waals surface area contributed by atoms with Crippen LogP contribution < -0.4 is 10.1 Å². The average Bonchev–Trinajstić information content (AvgIpc) is 2.38. The number of aliphatic hydroxyl groups excluding tert-OH is 1. The van der Waals surface area contributed by atoms with Crippen LogP contribution in [0.4, 0.5) is 0 Å². The minimum Gasteiger partial charge on any atom is -0.496 e. The number of thioether (sulfide) groups is 1. The molecule has 0 heterocycles. The molecule has 0 saturated carbocycles. The van der Waals surface area contributed by atoms with Crippen molar-refractivity contribution in [3.8, 4) is 5.75 Å². The molecule has 1 aromatic rings. The Morgan fingerprint density at radius 1 is 1.37 bits per heavy atom. The third-order valence-corrected chi connectivity index (χ3v) is 3.95. The van der Waals surface area contributed by atoms with E-state index in [1.54, 1.807) is 18.9 Å². The van der Waals surface area contributed by atoms with Gasteiger partial charge in [0.25, 0.3) is 0 Å². The molecule has 0 saturated heterocycles. The maximum atomic E-state index is 9.00. The summed E-state index contributed by atoms with van der Waals surface area (Å²) in [4.78, 5) is 1.16. The van der Waals surface area contributed by atoms with Gasteiger partial charge >= 0.3 is 0 Å². The van der Waals surface area contributed by atoms with Crippen LogP contribution in [-0.4, -0.2) is 31.6 Å². The highest BCUT2D eigenvalue weighted by atomic mass is 32.2. The molecule has 0 aromatic heterocycles. The highest BCUT2D eigenvalue weighted by molar-refractivity contribution is 7.98. The van der Waals surface area contributed by atoms with Crippen LogP contribution in [0.15, 0.2) is 23.1 Å². The van der Waals surface area contributed by atoms with Gasteiger partial charge in [0.15, 0.2) is 0 Å². The highest BCUT2D eigenvalue weighted by Crippen LogP contribution is 2.28. The lowest BCUT2D eigenvalue weighted by Gasteiger charge is -2.24. The lowest BCUT2D eigenvalue weighted by Crippen LogP contribution is -2.29. The lowest BCUT2D eigenvalue weighted by atomic mass is 9.90. The quantitative estimate of drug-likeness (QED) is 0.720. The average molecular weight is 283 g/mol. The molecule has 1 rings (SSSR count). The zero-order valence-corrected chi connectivity index (χ0v) is 13.1. The Hall–Kier alpha value is -0.710. The Morgan fingerprint density at radius 2 is 2.11 bits per heavy atom. The van der Waals surface area contributed by atoms with Crippen molar-refractivity contribution in [3.05, 3.63) is 23.8 Å². The van der Waals surface area contributed by atoms with Crippen LogP contribution in [-0.2, 0) is 6.54 Å². The van der Waals surface area contributed by atoms with Crippen molar-refractivity contribution in [2.45, 2.75) is 31.7 Å². The first-order valence-corrected chi connectivity index (χ1v) is 7.77. The molecule has 0 atom stereocenters. The zero-order valence-electron chi connectivity index (χ0n) is 12.3. The number of rotatable bonds is 8. The summed E-state index contributed by atoms with van der Waals surface area (Å²) in [5.74, 6) is 0.932. The van der Waals surface area contributed by atoms with E-state index in [4.69, 9.17) is 9.84 Å². The first kappa shape index (κ1) is 16.3. The molecule has 1 aromatic carbocycles. The molecule has 0 fully saturated rings. The Bertz CT molecular complexity index is 394. The first-order chi connectivity index (χ1) is 9.02. The first-order valence-electron chi connectivity index (χ1n) is 6.55. The maximum absolute atomic E-state index is 9.00. The molecular weight excluding hydrogens is 258 g/mol. The fourth-order valence-corrected chi connectivity index (χ4v) is 2.47. The van der Waals surface area contributed by atoms with Crippen molar-refractivity contribution < 1.29 is 9.84 Å². The summed E-state index contributed by atoms with van der Waals surface area (Å²) in [6, 6.07) is 6.30. The topological polar surface area (TPSA) is 41.5 Å². The van der Waals surface area contributed by atoms with Gasteiger partial charge in [-0.15, -0.1) is 11.8 Å². The van der Waals surface area contributed by atoms with Crippen LogP contribution >= 0.6 is 11.8 Å². The van der Waals surface area contributed by atoms with E-state index in [-0.39, 0.29) is 12.0 Å². The van der Waals surface area contributed by atoms with E-state index in [1.807, 2.05) is 6.26 Å². The molecule has 2 N–H and O–H groups in total. The third kappa shape index (κ3) is 5.43. The summed E-state index contributed by atoms with van der Waals surface area (Å²) < 4.78 is 5.38. The van der Waals surface area contributed by atoms with Gasteiger partial charge in [-0.25, -0.2) is 0 Å². The van der Waals surface area contributed by atoms with Crippen LogP contribution in [0, 0.1) is 5.41 Å². The van der Waals surface area contributed by atoms with Crippen LogP contribution in [0.5, 0.6) is 5.75 Å². The molecule has 4 heteroatoms. The molecule has 0 amide bonds. The number of aliphatic hydroxyl groups is 1. The third-order valence-electron chi connectivity index (χ3n) is 3.17. The number of hydrogen-bond acceptors (Lipinski definition) is 4. The smallest absolute Gasteiger partial charge is 0.132 e. The second kappa shape index (κ2) is 7.78. The van der Waals surface area contributed by atoms with Crippen molar-refractivity contribution >= 4 is 11.8 Å². The van der Waals surface area contributed by atoms with E-state index in [1.165, 1.54) is 5.56 Å². The van der Waals surface area contributed by atoms with Crippen molar-refractivity contribution in [2.75, 3.05) is 26.5 Å². The fourth-order valence-electron chi connectivity index (χ4n) is 1.93. The van der Waals surface area contributed by atoms with E-state index < -0.39 is 0 Å². The normalized spacial score (nSPS) is 11.6. The second-order valence-corrected chi connectivity index (χ2v) is 6.28.